The van der Waals surface area contributed by atoms with E-state index in [-0.39, 0.29) is 0 Å². The number of thioether (sulfide) groups is 1. The number of nitrogens with one attached hydrogen (secondary N) is 1. The molecule has 90 valence electrons. The minimum Gasteiger partial charge on any atom is -0.381 e. The molecule has 3 heteroatoms. The first-order chi connectivity index (χ1) is 7.86. The summed E-state index contributed by atoms with van der Waals surface area (Å²) in [5.41, 5.74) is 1.33. The van der Waals surface area contributed by atoms with E-state index in [1.165, 1.54) is 10.5 Å². The third-order valence-corrected chi connectivity index (χ3v) is 3.13. The second kappa shape index (κ2) is 8.62. The average Bonchev–Trinajstić information content (AvgIpc) is 2.31. The molecule has 0 atom stereocenters. The molecule has 0 spiro atoms. The van der Waals surface area contributed by atoms with Crippen LogP contribution in [-0.4, -0.2) is 26.0 Å². The van der Waals surface area contributed by atoms with Crippen LogP contribution in [0.25, 0.3) is 0 Å². The topological polar surface area (TPSA) is 21.3 Å². The van der Waals surface area contributed by atoms with Gasteiger partial charge in [0.05, 0.1) is 6.61 Å². The molecule has 0 aliphatic rings. The van der Waals surface area contributed by atoms with Crippen molar-refractivity contribution in [1.29, 1.82) is 0 Å². The Hall–Kier alpha value is -0.510. The van der Waals surface area contributed by atoms with Crippen molar-refractivity contribution in [3.63, 3.8) is 0 Å². The first kappa shape index (κ1) is 13.6. The maximum atomic E-state index is 5.44. The van der Waals surface area contributed by atoms with Crippen LogP contribution in [0.15, 0.2) is 29.2 Å². The fourth-order valence-electron chi connectivity index (χ4n) is 1.37. The fraction of sp³-hybridized carbons (Fsp3) is 0.538. The molecule has 0 bridgehead atoms. The Kier molecular flexibility index (Phi) is 7.30. The van der Waals surface area contributed by atoms with E-state index in [0.717, 1.165) is 31.9 Å². The van der Waals surface area contributed by atoms with E-state index < -0.39 is 0 Å². The average molecular weight is 239 g/mol. The molecule has 0 saturated carbocycles. The number of hydrogen-bond acceptors (Lipinski definition) is 3. The molecule has 0 unspecified atom stereocenters. The zero-order valence-corrected chi connectivity index (χ0v) is 11.0. The molecule has 0 fully saturated rings. The minimum atomic E-state index is 0.844. The van der Waals surface area contributed by atoms with Crippen LogP contribution >= 0.6 is 11.8 Å². The normalized spacial score (nSPS) is 10.6. The lowest BCUT2D eigenvalue weighted by molar-refractivity contribution is 0.151. The molecule has 0 aromatic heterocycles. The van der Waals surface area contributed by atoms with E-state index in [1.807, 2.05) is 18.8 Å². The molecule has 1 rings (SSSR count). The molecule has 1 aromatic rings. The van der Waals surface area contributed by atoms with Crippen LogP contribution < -0.4 is 5.32 Å². The van der Waals surface area contributed by atoms with Gasteiger partial charge in [0.1, 0.15) is 0 Å². The van der Waals surface area contributed by atoms with Gasteiger partial charge in [0.15, 0.2) is 0 Å². The van der Waals surface area contributed by atoms with Crippen LogP contribution in [0.2, 0.25) is 0 Å². The predicted molar refractivity (Wildman–Crippen MR) is 71.0 cm³/mol. The highest BCUT2D eigenvalue weighted by atomic mass is 32.2. The lowest BCUT2D eigenvalue weighted by Gasteiger charge is -2.04. The molecular formula is C13H21NOS. The molecule has 0 aliphatic carbocycles. The molecule has 1 aromatic carbocycles. The van der Waals surface area contributed by atoms with Crippen molar-refractivity contribution in [2.24, 2.45) is 0 Å². The van der Waals surface area contributed by atoms with Gasteiger partial charge in [0.25, 0.3) is 0 Å². The highest BCUT2D eigenvalue weighted by molar-refractivity contribution is 7.99. The van der Waals surface area contributed by atoms with Gasteiger partial charge in [-0.3, -0.25) is 0 Å². The smallest absolute Gasteiger partial charge is 0.0560 e. The Morgan fingerprint density at radius 2 is 1.94 bits per heavy atom. The van der Waals surface area contributed by atoms with Gasteiger partial charge >= 0.3 is 0 Å². The summed E-state index contributed by atoms with van der Waals surface area (Å²) in [6.07, 6.45) is 1.10. The quantitative estimate of drug-likeness (QED) is 0.557. The third-order valence-electron chi connectivity index (χ3n) is 2.15. The first-order valence-electron chi connectivity index (χ1n) is 5.81. The molecule has 0 aliphatic heterocycles. The molecule has 0 amide bonds. The number of rotatable bonds is 8. The maximum absolute atomic E-state index is 5.44. The van der Waals surface area contributed by atoms with Crippen LogP contribution in [0.1, 0.15) is 18.9 Å². The summed E-state index contributed by atoms with van der Waals surface area (Å²) in [6, 6.07) is 8.70. The summed E-state index contributed by atoms with van der Waals surface area (Å²) < 4.78 is 5.44. The maximum Gasteiger partial charge on any atom is 0.0560 e. The largest absolute Gasteiger partial charge is 0.381 e. The van der Waals surface area contributed by atoms with Gasteiger partial charge in [-0.25, -0.2) is 0 Å². The Morgan fingerprint density at radius 3 is 2.56 bits per heavy atom. The van der Waals surface area contributed by atoms with Gasteiger partial charge in [0.2, 0.25) is 0 Å². The Morgan fingerprint density at radius 1 is 1.19 bits per heavy atom. The lowest BCUT2D eigenvalue weighted by Crippen LogP contribution is -2.04. The number of benzene rings is 1. The summed E-state index contributed by atoms with van der Waals surface area (Å²) in [4.78, 5) is 1.32. The SMILES string of the molecule is CCCOCCSc1ccc(CNC)cc1. The molecular weight excluding hydrogens is 218 g/mol. The van der Waals surface area contributed by atoms with Gasteiger partial charge in [-0.05, 0) is 31.2 Å². The molecule has 1 N–H and O–H groups in total. The van der Waals surface area contributed by atoms with Crippen molar-refractivity contribution >= 4 is 11.8 Å². The number of ether oxygens (including phenoxy) is 1. The van der Waals surface area contributed by atoms with Crippen molar-refractivity contribution in [3.8, 4) is 0 Å². The van der Waals surface area contributed by atoms with E-state index in [9.17, 15) is 0 Å². The highest BCUT2D eigenvalue weighted by Gasteiger charge is 1.95. The second-order valence-corrected chi connectivity index (χ2v) is 4.80. The molecule has 0 saturated heterocycles. The number of hydrogen-bond donors (Lipinski definition) is 1. The van der Waals surface area contributed by atoms with E-state index >= 15 is 0 Å². The van der Waals surface area contributed by atoms with Gasteiger partial charge in [-0.15, -0.1) is 11.8 Å². The molecule has 16 heavy (non-hydrogen) atoms. The predicted octanol–water partition coefficient (Wildman–Crippen LogP) is 2.92. The van der Waals surface area contributed by atoms with Gasteiger partial charge < -0.3 is 10.1 Å². The fourth-order valence-corrected chi connectivity index (χ4v) is 2.14. The summed E-state index contributed by atoms with van der Waals surface area (Å²) in [7, 11) is 1.97. The van der Waals surface area contributed by atoms with E-state index in [0.29, 0.717) is 0 Å². The summed E-state index contributed by atoms with van der Waals surface area (Å²) in [5, 5.41) is 3.14. The van der Waals surface area contributed by atoms with Crippen LogP contribution in [0.5, 0.6) is 0 Å². The lowest BCUT2D eigenvalue weighted by atomic mass is 10.2. The Balaban J connectivity index is 2.21. The summed E-state index contributed by atoms with van der Waals surface area (Å²) >= 11 is 1.85. The van der Waals surface area contributed by atoms with Crippen LogP contribution in [0.3, 0.4) is 0 Å². The van der Waals surface area contributed by atoms with Crippen molar-refractivity contribution < 1.29 is 4.74 Å². The van der Waals surface area contributed by atoms with Crippen molar-refractivity contribution in [2.45, 2.75) is 24.8 Å². The monoisotopic (exact) mass is 239 g/mol. The van der Waals surface area contributed by atoms with Crippen LogP contribution in [0, 0.1) is 0 Å². The minimum absolute atomic E-state index is 0.844. The molecule has 2 nitrogen and oxygen atoms in total. The second-order valence-electron chi connectivity index (χ2n) is 3.64. The molecule has 0 heterocycles. The summed E-state index contributed by atoms with van der Waals surface area (Å²) in [6.45, 7) is 4.79. The van der Waals surface area contributed by atoms with Crippen molar-refractivity contribution in [1.82, 2.24) is 5.32 Å². The van der Waals surface area contributed by atoms with Crippen LogP contribution in [0.4, 0.5) is 0 Å². The summed E-state index contributed by atoms with van der Waals surface area (Å²) in [5.74, 6) is 1.03. The van der Waals surface area contributed by atoms with Gasteiger partial charge in [-0.1, -0.05) is 19.1 Å². The third kappa shape index (κ3) is 5.54. The van der Waals surface area contributed by atoms with E-state index in [1.54, 1.807) is 0 Å². The van der Waals surface area contributed by atoms with Crippen LogP contribution in [-0.2, 0) is 11.3 Å². The van der Waals surface area contributed by atoms with Crippen molar-refractivity contribution in [2.75, 3.05) is 26.0 Å². The zero-order chi connectivity index (χ0) is 11.6. The molecule has 0 radical (unpaired) electrons. The zero-order valence-electron chi connectivity index (χ0n) is 10.2. The standard InChI is InChI=1S/C13H21NOS/c1-3-8-15-9-10-16-13-6-4-12(5-7-13)11-14-2/h4-7,14H,3,8-11H2,1-2H3. The van der Waals surface area contributed by atoms with Gasteiger partial charge in [0, 0.05) is 23.8 Å². The Bertz CT molecular complexity index is 274. The van der Waals surface area contributed by atoms with E-state index in [2.05, 4.69) is 36.5 Å². The van der Waals surface area contributed by atoms with Gasteiger partial charge in [-0.2, -0.15) is 0 Å². The van der Waals surface area contributed by atoms with E-state index in [4.69, 9.17) is 4.74 Å². The highest BCUT2D eigenvalue weighted by Crippen LogP contribution is 2.18. The Labute approximate surface area is 103 Å². The first-order valence-corrected chi connectivity index (χ1v) is 6.79. The van der Waals surface area contributed by atoms with Crippen molar-refractivity contribution in [3.05, 3.63) is 29.8 Å².